The van der Waals surface area contributed by atoms with Gasteiger partial charge in [-0.05, 0) is 13.3 Å². The Morgan fingerprint density at radius 3 is 2.82 bits per heavy atom. The van der Waals surface area contributed by atoms with Crippen molar-refractivity contribution in [3.8, 4) is 0 Å². The first-order chi connectivity index (χ1) is 5.16. The second-order valence-corrected chi connectivity index (χ2v) is 4.18. The van der Waals surface area contributed by atoms with E-state index in [0.717, 1.165) is 10.7 Å². The molecule has 0 saturated carbocycles. The summed E-state index contributed by atoms with van der Waals surface area (Å²) in [5, 5.41) is 0. The van der Waals surface area contributed by atoms with Crippen LogP contribution >= 0.6 is 24.0 Å². The highest BCUT2D eigenvalue weighted by molar-refractivity contribution is 8.23. The Hall–Kier alpha value is -0.0900. The van der Waals surface area contributed by atoms with Gasteiger partial charge in [0, 0.05) is 6.04 Å². The van der Waals surface area contributed by atoms with E-state index in [-0.39, 0.29) is 11.9 Å². The molecule has 1 rings (SSSR count). The van der Waals surface area contributed by atoms with Crippen molar-refractivity contribution < 1.29 is 4.79 Å². The van der Waals surface area contributed by atoms with Crippen molar-refractivity contribution in [1.82, 2.24) is 4.90 Å². The fourth-order valence-electron chi connectivity index (χ4n) is 0.973. The molecule has 1 saturated heterocycles. The van der Waals surface area contributed by atoms with E-state index in [2.05, 4.69) is 6.92 Å². The van der Waals surface area contributed by atoms with Crippen LogP contribution in [0.3, 0.4) is 0 Å². The summed E-state index contributed by atoms with van der Waals surface area (Å²) in [5.41, 5.74) is 0. The first-order valence-corrected chi connectivity index (χ1v) is 5.05. The lowest BCUT2D eigenvalue weighted by molar-refractivity contribution is -0.125. The van der Waals surface area contributed by atoms with Crippen molar-refractivity contribution in [2.24, 2.45) is 0 Å². The molecule has 1 heterocycles. The molecule has 0 bridgehead atoms. The van der Waals surface area contributed by atoms with E-state index >= 15 is 0 Å². The summed E-state index contributed by atoms with van der Waals surface area (Å²) in [7, 11) is 0. The minimum atomic E-state index is 0.161. The molecule has 1 aliphatic heterocycles. The number of thiocarbonyl (C=S) groups is 1. The Morgan fingerprint density at radius 2 is 2.45 bits per heavy atom. The van der Waals surface area contributed by atoms with Crippen LogP contribution in [0, 0.1) is 0 Å². The Morgan fingerprint density at radius 1 is 1.82 bits per heavy atom. The monoisotopic (exact) mass is 189 g/mol. The SMILES string of the molecule is CC[C@H](C)N1C(=O)CSC1=S. The zero-order valence-corrected chi connectivity index (χ0v) is 8.30. The lowest BCUT2D eigenvalue weighted by atomic mass is 10.2. The molecule has 1 amide bonds. The van der Waals surface area contributed by atoms with Gasteiger partial charge in [-0.3, -0.25) is 9.69 Å². The topological polar surface area (TPSA) is 20.3 Å². The van der Waals surface area contributed by atoms with Crippen LogP contribution in [0.25, 0.3) is 0 Å². The van der Waals surface area contributed by atoms with E-state index in [9.17, 15) is 4.79 Å². The average Bonchev–Trinajstić information content (AvgIpc) is 2.30. The molecular formula is C7H11NOS2. The van der Waals surface area contributed by atoms with Gasteiger partial charge in [-0.25, -0.2) is 0 Å². The van der Waals surface area contributed by atoms with Gasteiger partial charge in [0.05, 0.1) is 5.75 Å². The van der Waals surface area contributed by atoms with E-state index in [1.165, 1.54) is 11.8 Å². The van der Waals surface area contributed by atoms with E-state index in [4.69, 9.17) is 12.2 Å². The maximum Gasteiger partial charge on any atom is 0.238 e. The van der Waals surface area contributed by atoms with Crippen LogP contribution in [0.5, 0.6) is 0 Å². The molecule has 62 valence electrons. The Balaban J connectivity index is 2.68. The van der Waals surface area contributed by atoms with Crippen molar-refractivity contribution >= 4 is 34.2 Å². The molecule has 1 atom stereocenters. The fraction of sp³-hybridized carbons (Fsp3) is 0.714. The van der Waals surface area contributed by atoms with Crippen LogP contribution in [0.1, 0.15) is 20.3 Å². The van der Waals surface area contributed by atoms with Crippen molar-refractivity contribution in [1.29, 1.82) is 0 Å². The van der Waals surface area contributed by atoms with Gasteiger partial charge in [-0.2, -0.15) is 0 Å². The predicted octanol–water partition coefficient (Wildman–Crippen LogP) is 1.65. The van der Waals surface area contributed by atoms with Gasteiger partial charge in [-0.15, -0.1) is 0 Å². The summed E-state index contributed by atoms with van der Waals surface area (Å²) in [5.74, 6) is 0.692. The lowest BCUT2D eigenvalue weighted by Crippen LogP contribution is -2.36. The molecule has 0 radical (unpaired) electrons. The molecule has 0 aromatic heterocycles. The molecule has 0 unspecified atom stereocenters. The summed E-state index contributed by atoms with van der Waals surface area (Å²) in [4.78, 5) is 12.9. The van der Waals surface area contributed by atoms with Gasteiger partial charge in [-0.1, -0.05) is 30.9 Å². The number of hydrogen-bond acceptors (Lipinski definition) is 3. The van der Waals surface area contributed by atoms with E-state index < -0.39 is 0 Å². The van der Waals surface area contributed by atoms with Crippen LogP contribution in [0.15, 0.2) is 0 Å². The molecule has 0 N–H and O–H groups in total. The molecule has 0 spiro atoms. The quantitative estimate of drug-likeness (QED) is 0.616. The van der Waals surface area contributed by atoms with E-state index in [1.54, 1.807) is 4.90 Å². The number of nitrogens with zero attached hydrogens (tertiary/aromatic N) is 1. The molecular weight excluding hydrogens is 178 g/mol. The third-order valence-electron chi connectivity index (χ3n) is 1.82. The van der Waals surface area contributed by atoms with E-state index in [0.29, 0.717) is 5.75 Å². The zero-order chi connectivity index (χ0) is 8.43. The predicted molar refractivity (Wildman–Crippen MR) is 51.7 cm³/mol. The fourth-order valence-corrected chi connectivity index (χ4v) is 2.24. The second-order valence-electron chi connectivity index (χ2n) is 2.58. The highest BCUT2D eigenvalue weighted by Gasteiger charge is 2.29. The first kappa shape index (κ1) is 9.00. The van der Waals surface area contributed by atoms with Crippen molar-refractivity contribution in [3.05, 3.63) is 0 Å². The van der Waals surface area contributed by atoms with Crippen molar-refractivity contribution in [3.63, 3.8) is 0 Å². The summed E-state index contributed by atoms with van der Waals surface area (Å²) in [6.07, 6.45) is 0.965. The third kappa shape index (κ3) is 1.73. The minimum Gasteiger partial charge on any atom is -0.294 e. The molecule has 0 aliphatic carbocycles. The van der Waals surface area contributed by atoms with Gasteiger partial charge in [0.2, 0.25) is 5.91 Å². The van der Waals surface area contributed by atoms with Gasteiger partial charge in [0.25, 0.3) is 0 Å². The standard InChI is InChI=1S/C7H11NOS2/c1-3-5(2)8-6(9)4-11-7(8)10/h5H,3-4H2,1-2H3/t5-/m0/s1. The molecule has 11 heavy (non-hydrogen) atoms. The minimum absolute atomic E-state index is 0.161. The summed E-state index contributed by atoms with van der Waals surface area (Å²) in [6, 6.07) is 0.269. The average molecular weight is 189 g/mol. The highest BCUT2D eigenvalue weighted by atomic mass is 32.2. The largest absolute Gasteiger partial charge is 0.294 e. The second kappa shape index (κ2) is 3.54. The van der Waals surface area contributed by atoms with Gasteiger partial charge in [0.15, 0.2) is 0 Å². The number of hydrogen-bond donors (Lipinski definition) is 0. The maximum absolute atomic E-state index is 11.2. The first-order valence-electron chi connectivity index (χ1n) is 3.65. The smallest absolute Gasteiger partial charge is 0.238 e. The highest BCUT2D eigenvalue weighted by Crippen LogP contribution is 2.22. The van der Waals surface area contributed by atoms with E-state index in [1.807, 2.05) is 6.92 Å². The molecule has 1 fully saturated rings. The number of rotatable bonds is 2. The summed E-state index contributed by atoms with van der Waals surface area (Å²) in [6.45, 7) is 4.08. The third-order valence-corrected chi connectivity index (χ3v) is 3.20. The van der Waals surface area contributed by atoms with Crippen LogP contribution in [0.4, 0.5) is 0 Å². The Kier molecular flexibility index (Phi) is 2.90. The Bertz CT molecular complexity index is 177. The summed E-state index contributed by atoms with van der Waals surface area (Å²) >= 11 is 6.49. The van der Waals surface area contributed by atoms with Crippen LogP contribution in [-0.2, 0) is 4.79 Å². The van der Waals surface area contributed by atoms with Crippen molar-refractivity contribution in [2.75, 3.05) is 5.75 Å². The van der Waals surface area contributed by atoms with Crippen LogP contribution in [-0.4, -0.2) is 26.9 Å². The zero-order valence-electron chi connectivity index (χ0n) is 6.66. The van der Waals surface area contributed by atoms with Crippen LogP contribution in [0.2, 0.25) is 0 Å². The molecule has 2 nitrogen and oxygen atoms in total. The van der Waals surface area contributed by atoms with Crippen molar-refractivity contribution in [2.45, 2.75) is 26.3 Å². The number of carbonyl (C=O) groups is 1. The van der Waals surface area contributed by atoms with Crippen LogP contribution < -0.4 is 0 Å². The maximum atomic E-state index is 11.2. The summed E-state index contributed by atoms with van der Waals surface area (Å²) < 4.78 is 0.740. The van der Waals surface area contributed by atoms with Gasteiger partial charge >= 0.3 is 0 Å². The lowest BCUT2D eigenvalue weighted by Gasteiger charge is -2.21. The molecule has 0 aromatic rings. The normalized spacial score (nSPS) is 21.1. The number of amides is 1. The molecule has 4 heteroatoms. The van der Waals surface area contributed by atoms with Gasteiger partial charge < -0.3 is 0 Å². The molecule has 0 aromatic carbocycles. The van der Waals surface area contributed by atoms with Gasteiger partial charge in [0.1, 0.15) is 4.32 Å². The molecule has 1 aliphatic rings. The Labute approximate surface area is 76.3 Å². The number of thioether (sulfide) groups is 1. The number of carbonyl (C=O) groups excluding carboxylic acids is 1.